The lowest BCUT2D eigenvalue weighted by Gasteiger charge is -2.39. The van der Waals surface area contributed by atoms with E-state index in [2.05, 4.69) is 0 Å². The first-order chi connectivity index (χ1) is 14.1. The van der Waals surface area contributed by atoms with Crippen molar-refractivity contribution in [3.05, 3.63) is 96.1 Å². The molecule has 0 saturated carbocycles. The number of piperidine rings is 1. The summed E-state index contributed by atoms with van der Waals surface area (Å²) in [5.41, 5.74) is 2.70. The molecule has 1 N–H and O–H groups in total. The third kappa shape index (κ3) is 3.66. The van der Waals surface area contributed by atoms with Gasteiger partial charge >= 0.3 is 5.97 Å². The standard InChI is InChI=1S/C25H23NO3/c27-23(21-13-11-20(12-14-21)19-7-3-1-4-8-19)26-17-15-25(16-18-26,24(28)29)22-9-5-2-6-10-22/h1-14H,15-18H2,(H,28,29). The summed E-state index contributed by atoms with van der Waals surface area (Å²) < 4.78 is 0. The second kappa shape index (κ2) is 7.92. The molecule has 4 rings (SSSR count). The van der Waals surface area contributed by atoms with Gasteiger partial charge in [-0.25, -0.2) is 0 Å². The van der Waals surface area contributed by atoms with Gasteiger partial charge in [-0.3, -0.25) is 9.59 Å². The van der Waals surface area contributed by atoms with Gasteiger partial charge in [0.15, 0.2) is 0 Å². The highest BCUT2D eigenvalue weighted by atomic mass is 16.4. The Balaban J connectivity index is 1.48. The van der Waals surface area contributed by atoms with Crippen LogP contribution in [-0.2, 0) is 10.2 Å². The van der Waals surface area contributed by atoms with E-state index >= 15 is 0 Å². The first-order valence-electron chi connectivity index (χ1n) is 9.84. The van der Waals surface area contributed by atoms with E-state index in [1.54, 1.807) is 4.90 Å². The number of aliphatic carboxylic acids is 1. The number of hydrogen-bond donors (Lipinski definition) is 1. The Hall–Kier alpha value is -3.40. The molecular weight excluding hydrogens is 362 g/mol. The molecule has 0 spiro atoms. The van der Waals surface area contributed by atoms with Crippen LogP contribution < -0.4 is 0 Å². The van der Waals surface area contributed by atoms with Gasteiger partial charge in [0.05, 0.1) is 5.41 Å². The van der Waals surface area contributed by atoms with E-state index in [1.807, 2.05) is 84.9 Å². The van der Waals surface area contributed by atoms with Crippen molar-refractivity contribution in [2.24, 2.45) is 0 Å². The van der Waals surface area contributed by atoms with Gasteiger partial charge in [-0.2, -0.15) is 0 Å². The molecule has 3 aromatic carbocycles. The van der Waals surface area contributed by atoms with Gasteiger partial charge in [0, 0.05) is 18.7 Å². The van der Waals surface area contributed by atoms with E-state index in [1.165, 1.54) is 0 Å². The number of carboxylic acid groups (broad SMARTS) is 1. The number of carbonyl (C=O) groups is 2. The van der Waals surface area contributed by atoms with Crippen LogP contribution in [0.1, 0.15) is 28.8 Å². The first kappa shape index (κ1) is 18.9. The van der Waals surface area contributed by atoms with E-state index < -0.39 is 11.4 Å². The average molecular weight is 385 g/mol. The number of nitrogens with zero attached hydrogens (tertiary/aromatic N) is 1. The van der Waals surface area contributed by atoms with Crippen LogP contribution in [0.2, 0.25) is 0 Å². The second-order valence-electron chi connectivity index (χ2n) is 7.49. The summed E-state index contributed by atoms with van der Waals surface area (Å²) in [5, 5.41) is 9.92. The summed E-state index contributed by atoms with van der Waals surface area (Å²) >= 11 is 0. The Morgan fingerprint density at radius 3 is 1.79 bits per heavy atom. The number of amides is 1. The number of benzene rings is 3. The van der Waals surface area contributed by atoms with Crippen molar-refractivity contribution in [2.45, 2.75) is 18.3 Å². The van der Waals surface area contributed by atoms with Crippen LogP contribution in [0.15, 0.2) is 84.9 Å². The largest absolute Gasteiger partial charge is 0.481 e. The molecular formula is C25H23NO3. The SMILES string of the molecule is O=C(c1ccc(-c2ccccc2)cc1)N1CCC(C(=O)O)(c2ccccc2)CC1. The first-order valence-corrected chi connectivity index (χ1v) is 9.84. The molecule has 0 aliphatic carbocycles. The van der Waals surface area contributed by atoms with E-state index in [-0.39, 0.29) is 5.91 Å². The van der Waals surface area contributed by atoms with E-state index in [0.717, 1.165) is 16.7 Å². The van der Waals surface area contributed by atoms with Crippen molar-refractivity contribution in [3.8, 4) is 11.1 Å². The summed E-state index contributed by atoms with van der Waals surface area (Å²) in [4.78, 5) is 26.8. The Morgan fingerprint density at radius 2 is 1.24 bits per heavy atom. The lowest BCUT2D eigenvalue weighted by atomic mass is 9.72. The Kier molecular flexibility index (Phi) is 5.17. The number of rotatable bonds is 4. The Morgan fingerprint density at radius 1 is 0.724 bits per heavy atom. The van der Waals surface area contributed by atoms with E-state index in [9.17, 15) is 14.7 Å². The molecule has 1 heterocycles. The third-order valence-corrected chi connectivity index (χ3v) is 5.88. The maximum atomic E-state index is 12.9. The molecule has 0 bridgehead atoms. The van der Waals surface area contributed by atoms with Gasteiger partial charge in [0.25, 0.3) is 5.91 Å². The number of likely N-dealkylation sites (tertiary alicyclic amines) is 1. The molecule has 0 unspecified atom stereocenters. The zero-order chi connectivity index (χ0) is 20.3. The van der Waals surface area contributed by atoms with Crippen LogP contribution in [0.25, 0.3) is 11.1 Å². The predicted octanol–water partition coefficient (Wildman–Crippen LogP) is 4.61. The summed E-state index contributed by atoms with van der Waals surface area (Å²) in [5.74, 6) is -0.861. The Labute approximate surface area is 170 Å². The number of carbonyl (C=O) groups excluding carboxylic acids is 1. The minimum atomic E-state index is -0.921. The van der Waals surface area contributed by atoms with Gasteiger partial charge in [-0.15, -0.1) is 0 Å². The molecule has 4 heteroatoms. The molecule has 1 fully saturated rings. The molecule has 1 saturated heterocycles. The van der Waals surface area contributed by atoms with Crippen LogP contribution in [0, 0.1) is 0 Å². The summed E-state index contributed by atoms with van der Waals surface area (Å²) in [7, 11) is 0. The molecule has 1 amide bonds. The second-order valence-corrected chi connectivity index (χ2v) is 7.49. The number of carboxylic acids is 1. The molecule has 146 valence electrons. The van der Waals surface area contributed by atoms with Crippen LogP contribution >= 0.6 is 0 Å². The van der Waals surface area contributed by atoms with Crippen molar-refractivity contribution < 1.29 is 14.7 Å². The predicted molar refractivity (Wildman–Crippen MR) is 113 cm³/mol. The smallest absolute Gasteiger partial charge is 0.314 e. The van der Waals surface area contributed by atoms with Crippen molar-refractivity contribution in [2.75, 3.05) is 13.1 Å². The van der Waals surface area contributed by atoms with Gasteiger partial charge in [-0.05, 0) is 41.7 Å². The minimum absolute atomic E-state index is 0.0448. The van der Waals surface area contributed by atoms with Gasteiger partial charge in [0.2, 0.25) is 0 Å². The lowest BCUT2D eigenvalue weighted by molar-refractivity contribution is -0.145. The summed E-state index contributed by atoms with van der Waals surface area (Å²) in [6, 6.07) is 27.0. The van der Waals surface area contributed by atoms with Crippen LogP contribution in [0.3, 0.4) is 0 Å². The van der Waals surface area contributed by atoms with Crippen molar-refractivity contribution in [1.29, 1.82) is 0 Å². The van der Waals surface area contributed by atoms with Gasteiger partial charge < -0.3 is 10.0 Å². The molecule has 0 radical (unpaired) electrons. The molecule has 1 aliphatic heterocycles. The highest BCUT2D eigenvalue weighted by molar-refractivity contribution is 5.95. The van der Waals surface area contributed by atoms with Crippen molar-refractivity contribution in [1.82, 2.24) is 4.90 Å². The highest BCUT2D eigenvalue weighted by Gasteiger charge is 2.43. The fourth-order valence-electron chi connectivity index (χ4n) is 4.09. The van der Waals surface area contributed by atoms with Crippen molar-refractivity contribution >= 4 is 11.9 Å². The molecule has 0 atom stereocenters. The average Bonchev–Trinajstić information content (AvgIpc) is 2.80. The fraction of sp³-hybridized carbons (Fsp3) is 0.200. The van der Waals surface area contributed by atoms with E-state index in [4.69, 9.17) is 0 Å². The van der Waals surface area contributed by atoms with E-state index in [0.29, 0.717) is 31.5 Å². The van der Waals surface area contributed by atoms with Crippen LogP contribution in [-0.4, -0.2) is 35.0 Å². The van der Waals surface area contributed by atoms with Gasteiger partial charge in [-0.1, -0.05) is 72.8 Å². The zero-order valence-corrected chi connectivity index (χ0v) is 16.1. The van der Waals surface area contributed by atoms with Gasteiger partial charge in [0.1, 0.15) is 0 Å². The quantitative estimate of drug-likeness (QED) is 0.713. The molecule has 4 nitrogen and oxygen atoms in total. The number of hydrogen-bond acceptors (Lipinski definition) is 2. The monoisotopic (exact) mass is 385 g/mol. The zero-order valence-electron chi connectivity index (χ0n) is 16.1. The maximum Gasteiger partial charge on any atom is 0.314 e. The minimum Gasteiger partial charge on any atom is -0.481 e. The molecule has 1 aliphatic rings. The summed E-state index contributed by atoms with van der Waals surface area (Å²) in [6.45, 7) is 0.862. The Bertz CT molecular complexity index is 989. The maximum absolute atomic E-state index is 12.9. The topological polar surface area (TPSA) is 57.6 Å². The van der Waals surface area contributed by atoms with Crippen LogP contribution in [0.4, 0.5) is 0 Å². The molecule has 3 aromatic rings. The summed E-state index contributed by atoms with van der Waals surface area (Å²) in [6.07, 6.45) is 0.834. The normalized spacial score (nSPS) is 15.7. The highest BCUT2D eigenvalue weighted by Crippen LogP contribution is 2.36. The molecule has 29 heavy (non-hydrogen) atoms. The fourth-order valence-corrected chi connectivity index (χ4v) is 4.09. The lowest BCUT2D eigenvalue weighted by Crippen LogP contribution is -2.49. The molecule has 0 aromatic heterocycles. The van der Waals surface area contributed by atoms with Crippen LogP contribution in [0.5, 0.6) is 0 Å². The third-order valence-electron chi connectivity index (χ3n) is 5.88. The van der Waals surface area contributed by atoms with Crippen molar-refractivity contribution in [3.63, 3.8) is 0 Å².